The number of rotatable bonds is 7. The van der Waals surface area contributed by atoms with Crippen LogP contribution in [0.5, 0.6) is 11.5 Å². The van der Waals surface area contributed by atoms with E-state index in [4.69, 9.17) is 9.47 Å². The van der Waals surface area contributed by atoms with Gasteiger partial charge in [0.25, 0.3) is 5.69 Å². The molecule has 11 nitrogen and oxygen atoms in total. The van der Waals surface area contributed by atoms with E-state index in [1.165, 1.54) is 61.7 Å². The summed E-state index contributed by atoms with van der Waals surface area (Å²) in [6.45, 7) is 1.55. The molecular weight excluding hydrogens is 475 g/mol. The molecule has 2 amide bonds. The zero-order chi connectivity index (χ0) is 26.2. The lowest BCUT2D eigenvalue weighted by atomic mass is 10.1. The Balaban J connectivity index is 1.70. The van der Waals surface area contributed by atoms with Crippen molar-refractivity contribution in [3.05, 3.63) is 93.8 Å². The number of nitro benzene ring substituents is 1. The first-order chi connectivity index (χ1) is 17.2. The lowest BCUT2D eigenvalue weighted by Gasteiger charge is -2.11. The molecular formula is C24H19FN4O7. The number of anilines is 1. The van der Waals surface area contributed by atoms with Crippen molar-refractivity contribution >= 4 is 34.9 Å². The van der Waals surface area contributed by atoms with Gasteiger partial charge in [-0.3, -0.25) is 19.7 Å². The van der Waals surface area contributed by atoms with Crippen LogP contribution in [0, 0.1) is 15.9 Å². The fourth-order valence-electron chi connectivity index (χ4n) is 2.91. The highest BCUT2D eigenvalue weighted by Gasteiger charge is 2.22. The van der Waals surface area contributed by atoms with E-state index in [1.807, 2.05) is 0 Å². The Kier molecular flexibility index (Phi) is 8.02. The maximum Gasteiger partial charge on any atom is 0.350 e. The summed E-state index contributed by atoms with van der Waals surface area (Å²) < 4.78 is 23.5. The fourth-order valence-corrected chi connectivity index (χ4v) is 2.91. The molecule has 0 spiro atoms. The van der Waals surface area contributed by atoms with Crippen molar-refractivity contribution in [2.24, 2.45) is 5.10 Å². The predicted molar refractivity (Wildman–Crippen MR) is 126 cm³/mol. The van der Waals surface area contributed by atoms with Gasteiger partial charge >= 0.3 is 17.8 Å². The molecule has 0 radical (unpaired) electrons. The molecule has 3 aromatic rings. The topological polar surface area (TPSA) is 149 Å². The van der Waals surface area contributed by atoms with Crippen molar-refractivity contribution in [3.8, 4) is 11.5 Å². The highest BCUT2D eigenvalue weighted by molar-refractivity contribution is 6.39. The zero-order valence-electron chi connectivity index (χ0n) is 19.0. The summed E-state index contributed by atoms with van der Waals surface area (Å²) in [4.78, 5) is 47.0. The van der Waals surface area contributed by atoms with Crippen molar-refractivity contribution in [3.63, 3.8) is 0 Å². The number of nitrogens with zero attached hydrogens (tertiary/aromatic N) is 2. The summed E-state index contributed by atoms with van der Waals surface area (Å²) in [5, 5.41) is 17.3. The fraction of sp³-hybridized carbons (Fsp3) is 0.0833. The van der Waals surface area contributed by atoms with Crippen LogP contribution in [-0.4, -0.2) is 35.5 Å². The molecule has 0 bridgehead atoms. The minimum absolute atomic E-state index is 0.0000813. The van der Waals surface area contributed by atoms with Gasteiger partial charge in [-0.05, 0) is 55.5 Å². The molecule has 2 N–H and O–H groups in total. The average Bonchev–Trinajstić information content (AvgIpc) is 2.88. The van der Waals surface area contributed by atoms with E-state index in [9.17, 15) is 28.9 Å². The molecule has 0 saturated heterocycles. The van der Waals surface area contributed by atoms with Gasteiger partial charge in [-0.25, -0.2) is 14.6 Å². The molecule has 0 aliphatic carbocycles. The third-order valence-electron chi connectivity index (χ3n) is 4.74. The first-order valence-electron chi connectivity index (χ1n) is 10.2. The maximum atomic E-state index is 12.9. The third kappa shape index (κ3) is 6.26. The molecule has 36 heavy (non-hydrogen) atoms. The van der Waals surface area contributed by atoms with E-state index in [-0.39, 0.29) is 28.5 Å². The van der Waals surface area contributed by atoms with Gasteiger partial charge in [0.05, 0.1) is 17.7 Å². The van der Waals surface area contributed by atoms with E-state index >= 15 is 0 Å². The summed E-state index contributed by atoms with van der Waals surface area (Å²) in [7, 11) is 1.33. The number of carbonyl (C=O) groups excluding carboxylic acids is 3. The first-order valence-corrected chi connectivity index (χ1v) is 10.2. The van der Waals surface area contributed by atoms with Crippen molar-refractivity contribution in [2.75, 3.05) is 12.4 Å². The number of para-hydroxylation sites is 1. The molecule has 0 aliphatic rings. The number of hydrogen-bond acceptors (Lipinski definition) is 8. The van der Waals surface area contributed by atoms with Crippen molar-refractivity contribution < 1.29 is 33.2 Å². The SMILES string of the molecule is COc1cc(/C(C)=N/NC(=O)C(=O)Nc2ccc(F)cc2)ccc1OC(=O)c1ccccc1[N+](=O)[O-]. The number of amides is 2. The van der Waals surface area contributed by atoms with Crippen LogP contribution in [0.15, 0.2) is 71.8 Å². The molecule has 0 aromatic heterocycles. The number of halogens is 1. The van der Waals surface area contributed by atoms with E-state index in [1.54, 1.807) is 6.92 Å². The average molecular weight is 494 g/mol. The molecule has 0 aliphatic heterocycles. The number of ether oxygens (including phenoxy) is 2. The van der Waals surface area contributed by atoms with Gasteiger partial charge in [0, 0.05) is 17.3 Å². The predicted octanol–water partition coefficient (Wildman–Crippen LogP) is 3.44. The Hall–Kier alpha value is -5.13. The minimum Gasteiger partial charge on any atom is -0.493 e. The van der Waals surface area contributed by atoms with E-state index in [2.05, 4.69) is 15.8 Å². The van der Waals surface area contributed by atoms with Gasteiger partial charge in [-0.2, -0.15) is 5.10 Å². The number of carbonyl (C=O) groups is 3. The number of methoxy groups -OCH3 is 1. The largest absolute Gasteiger partial charge is 0.493 e. The molecule has 0 saturated carbocycles. The van der Waals surface area contributed by atoms with Crippen molar-refractivity contribution in [2.45, 2.75) is 6.92 Å². The maximum absolute atomic E-state index is 12.9. The van der Waals surface area contributed by atoms with Gasteiger partial charge in [0.2, 0.25) is 0 Å². The minimum atomic E-state index is -1.05. The normalized spacial score (nSPS) is 10.8. The van der Waals surface area contributed by atoms with Crippen LogP contribution in [-0.2, 0) is 9.59 Å². The van der Waals surface area contributed by atoms with Gasteiger partial charge in [-0.15, -0.1) is 0 Å². The second-order valence-electron chi connectivity index (χ2n) is 7.13. The van der Waals surface area contributed by atoms with Crippen molar-refractivity contribution in [1.29, 1.82) is 0 Å². The highest BCUT2D eigenvalue weighted by Crippen LogP contribution is 2.30. The van der Waals surface area contributed by atoms with Crippen LogP contribution in [0.2, 0.25) is 0 Å². The van der Waals surface area contributed by atoms with E-state index in [0.29, 0.717) is 5.56 Å². The molecule has 12 heteroatoms. The van der Waals surface area contributed by atoms with Crippen LogP contribution in [0.4, 0.5) is 15.8 Å². The lowest BCUT2D eigenvalue weighted by Crippen LogP contribution is -2.32. The Morgan fingerprint density at radius 2 is 1.67 bits per heavy atom. The van der Waals surface area contributed by atoms with Gasteiger partial charge in [0.1, 0.15) is 11.4 Å². The molecule has 3 rings (SSSR count). The van der Waals surface area contributed by atoms with Crippen LogP contribution >= 0.6 is 0 Å². The molecule has 0 unspecified atom stereocenters. The van der Waals surface area contributed by atoms with Gasteiger partial charge in [0.15, 0.2) is 11.5 Å². The molecule has 0 fully saturated rings. The highest BCUT2D eigenvalue weighted by atomic mass is 19.1. The van der Waals surface area contributed by atoms with Gasteiger partial charge < -0.3 is 14.8 Å². The Morgan fingerprint density at radius 3 is 2.33 bits per heavy atom. The monoisotopic (exact) mass is 494 g/mol. The second kappa shape index (κ2) is 11.3. The zero-order valence-corrected chi connectivity index (χ0v) is 19.0. The Bertz CT molecular complexity index is 1360. The second-order valence-corrected chi connectivity index (χ2v) is 7.13. The molecule has 0 heterocycles. The summed E-state index contributed by atoms with van der Waals surface area (Å²) in [6, 6.07) is 14.6. The summed E-state index contributed by atoms with van der Waals surface area (Å²) in [5.41, 5.74) is 2.45. The number of hydrogen-bond donors (Lipinski definition) is 2. The Labute approximate surface area is 203 Å². The van der Waals surface area contributed by atoms with Crippen LogP contribution in [0.1, 0.15) is 22.8 Å². The van der Waals surface area contributed by atoms with Gasteiger partial charge in [-0.1, -0.05) is 12.1 Å². The molecule has 184 valence electrons. The lowest BCUT2D eigenvalue weighted by molar-refractivity contribution is -0.385. The third-order valence-corrected chi connectivity index (χ3v) is 4.74. The number of hydrazone groups is 1. The smallest absolute Gasteiger partial charge is 0.350 e. The summed E-state index contributed by atoms with van der Waals surface area (Å²) >= 11 is 0. The van der Waals surface area contributed by atoms with Crippen LogP contribution < -0.4 is 20.2 Å². The number of benzene rings is 3. The first kappa shape index (κ1) is 25.5. The van der Waals surface area contributed by atoms with Crippen molar-refractivity contribution in [1.82, 2.24) is 5.43 Å². The van der Waals surface area contributed by atoms with E-state index < -0.39 is 34.2 Å². The standard InChI is InChI=1S/C24H19FN4O7/c1-14(27-28-23(31)22(30)26-17-10-8-16(25)9-11-17)15-7-12-20(21(13-15)35-2)36-24(32)18-5-3-4-6-19(18)29(33)34/h3-13H,1-2H3,(H,26,30)(H,28,31)/b27-14+. The summed E-state index contributed by atoms with van der Waals surface area (Å²) in [6.07, 6.45) is 0. The number of esters is 1. The summed E-state index contributed by atoms with van der Waals surface area (Å²) in [5.74, 6) is -3.38. The van der Waals surface area contributed by atoms with Crippen LogP contribution in [0.3, 0.4) is 0 Å². The molecule has 3 aromatic carbocycles. The molecule has 0 atom stereocenters. The Morgan fingerprint density at radius 1 is 0.972 bits per heavy atom. The van der Waals surface area contributed by atoms with E-state index in [0.717, 1.165) is 12.1 Å². The number of nitro groups is 1. The van der Waals surface area contributed by atoms with Crippen LogP contribution in [0.25, 0.3) is 0 Å². The number of nitrogens with one attached hydrogen (secondary N) is 2. The quantitative estimate of drug-likeness (QED) is 0.128.